The summed E-state index contributed by atoms with van der Waals surface area (Å²) < 4.78 is 5.11. The number of benzene rings is 1. The van der Waals surface area contributed by atoms with E-state index in [2.05, 4.69) is 16.9 Å². The Labute approximate surface area is 195 Å². The van der Waals surface area contributed by atoms with Crippen LogP contribution in [0.15, 0.2) is 42.7 Å². The van der Waals surface area contributed by atoms with Gasteiger partial charge in [0.15, 0.2) is 12.4 Å². The number of carbonyl (C=O) groups excluding carboxylic acids is 3. The molecule has 0 spiro atoms. The zero-order valence-corrected chi connectivity index (χ0v) is 19.2. The van der Waals surface area contributed by atoms with Crippen molar-refractivity contribution in [3.63, 3.8) is 0 Å². The lowest BCUT2D eigenvalue weighted by molar-refractivity contribution is -0.152. The van der Waals surface area contributed by atoms with Crippen LogP contribution in [-0.2, 0) is 20.7 Å². The Morgan fingerprint density at radius 1 is 0.939 bits per heavy atom. The van der Waals surface area contributed by atoms with E-state index in [0.29, 0.717) is 37.7 Å². The maximum absolute atomic E-state index is 12.4. The second-order valence-corrected chi connectivity index (χ2v) is 8.15. The fourth-order valence-corrected chi connectivity index (χ4v) is 3.71. The number of hydrogen-bond donors (Lipinski definition) is 0. The lowest BCUT2D eigenvalue weighted by atomic mass is 10.0. The van der Waals surface area contributed by atoms with Crippen LogP contribution >= 0.6 is 0 Å². The highest BCUT2D eigenvalue weighted by Crippen LogP contribution is 2.12. The summed E-state index contributed by atoms with van der Waals surface area (Å²) in [6, 6.07) is 9.35. The van der Waals surface area contributed by atoms with E-state index in [9.17, 15) is 14.4 Å². The molecule has 1 aromatic heterocycles. The molecule has 0 N–H and O–H groups in total. The van der Waals surface area contributed by atoms with Gasteiger partial charge in [0, 0.05) is 50.6 Å². The lowest BCUT2D eigenvalue weighted by Gasteiger charge is -2.34. The Morgan fingerprint density at radius 2 is 1.64 bits per heavy atom. The molecule has 1 aliphatic heterocycles. The van der Waals surface area contributed by atoms with Crippen LogP contribution in [0.1, 0.15) is 54.9 Å². The number of rotatable bonds is 11. The summed E-state index contributed by atoms with van der Waals surface area (Å²) in [5.41, 5.74) is 1.81. The summed E-state index contributed by atoms with van der Waals surface area (Å²) in [6.45, 7) is 4.14. The number of aryl methyl sites for hydroxylation is 1. The Bertz CT molecular complexity index is 910. The van der Waals surface area contributed by atoms with Crippen molar-refractivity contribution in [1.82, 2.24) is 14.9 Å². The molecule has 1 aromatic carbocycles. The molecular formula is C25H32N4O4. The Balaban J connectivity index is 1.34. The van der Waals surface area contributed by atoms with Crippen LogP contribution in [0.25, 0.3) is 0 Å². The molecule has 1 saturated heterocycles. The van der Waals surface area contributed by atoms with Crippen molar-refractivity contribution in [3.8, 4) is 0 Å². The molecule has 1 aliphatic rings. The highest BCUT2D eigenvalue weighted by atomic mass is 16.5. The molecule has 3 rings (SSSR count). The van der Waals surface area contributed by atoms with Gasteiger partial charge in [0.1, 0.15) is 0 Å². The van der Waals surface area contributed by atoms with E-state index in [1.807, 2.05) is 29.2 Å². The Kier molecular flexibility index (Phi) is 9.35. The van der Waals surface area contributed by atoms with E-state index in [4.69, 9.17) is 4.74 Å². The largest absolute Gasteiger partial charge is 0.456 e. The van der Waals surface area contributed by atoms with Crippen molar-refractivity contribution < 1.29 is 19.1 Å². The summed E-state index contributed by atoms with van der Waals surface area (Å²) in [4.78, 5) is 48.9. The topological polar surface area (TPSA) is 92.7 Å². The first-order chi connectivity index (χ1) is 16.1. The molecule has 0 saturated carbocycles. The number of nitrogens with zero attached hydrogens (tertiary/aromatic N) is 4. The van der Waals surface area contributed by atoms with E-state index in [0.717, 1.165) is 12.8 Å². The standard InChI is InChI=1S/C25H32N4O4/c1-2-3-4-6-20-7-9-21(10-8-20)22(30)11-12-24(32)33-19-23(31)28-15-17-29(18-16-28)25-26-13-5-14-27-25/h5,7-10,13-14H,2-4,6,11-12,15-19H2,1H3. The number of hydrogen-bond acceptors (Lipinski definition) is 7. The van der Waals surface area contributed by atoms with Crippen LogP contribution < -0.4 is 4.90 Å². The normalized spacial score (nSPS) is 13.6. The molecular weight excluding hydrogens is 420 g/mol. The van der Waals surface area contributed by atoms with Gasteiger partial charge in [-0.1, -0.05) is 44.0 Å². The van der Waals surface area contributed by atoms with Gasteiger partial charge in [0.2, 0.25) is 5.95 Å². The molecule has 0 unspecified atom stereocenters. The lowest BCUT2D eigenvalue weighted by Crippen LogP contribution is -2.50. The predicted molar refractivity (Wildman–Crippen MR) is 125 cm³/mol. The minimum absolute atomic E-state index is 0.0382. The third kappa shape index (κ3) is 7.66. The molecule has 33 heavy (non-hydrogen) atoms. The Morgan fingerprint density at radius 3 is 2.30 bits per heavy atom. The van der Waals surface area contributed by atoms with Crippen LogP contribution in [0, 0.1) is 0 Å². The van der Waals surface area contributed by atoms with Gasteiger partial charge in [0.05, 0.1) is 6.42 Å². The maximum atomic E-state index is 12.4. The molecule has 8 heteroatoms. The van der Waals surface area contributed by atoms with Crippen LogP contribution in [0.5, 0.6) is 0 Å². The van der Waals surface area contributed by atoms with Gasteiger partial charge in [-0.15, -0.1) is 0 Å². The number of amides is 1. The molecule has 1 amide bonds. The summed E-state index contributed by atoms with van der Waals surface area (Å²) in [7, 11) is 0. The number of carbonyl (C=O) groups is 3. The smallest absolute Gasteiger partial charge is 0.306 e. The predicted octanol–water partition coefficient (Wildman–Crippen LogP) is 3.06. The van der Waals surface area contributed by atoms with E-state index in [-0.39, 0.29) is 31.1 Å². The summed E-state index contributed by atoms with van der Waals surface area (Å²) in [6.07, 6.45) is 7.94. The third-order valence-corrected chi connectivity index (χ3v) is 5.73. The third-order valence-electron chi connectivity index (χ3n) is 5.73. The summed E-state index contributed by atoms with van der Waals surface area (Å²) in [5.74, 6) is -0.226. The minimum Gasteiger partial charge on any atom is -0.456 e. The van der Waals surface area contributed by atoms with Gasteiger partial charge < -0.3 is 14.5 Å². The molecule has 0 atom stereocenters. The molecule has 8 nitrogen and oxygen atoms in total. The minimum atomic E-state index is -0.538. The molecule has 0 bridgehead atoms. The van der Waals surface area contributed by atoms with Gasteiger partial charge in [0.25, 0.3) is 5.91 Å². The van der Waals surface area contributed by atoms with Crippen LogP contribution in [0.2, 0.25) is 0 Å². The molecule has 176 valence electrons. The quantitative estimate of drug-likeness (QED) is 0.294. The van der Waals surface area contributed by atoms with Crippen molar-refractivity contribution >= 4 is 23.6 Å². The fraction of sp³-hybridized carbons (Fsp3) is 0.480. The number of anilines is 1. The highest BCUT2D eigenvalue weighted by molar-refractivity contribution is 5.97. The first kappa shape index (κ1) is 24.4. The van der Waals surface area contributed by atoms with E-state index in [1.165, 1.54) is 18.4 Å². The zero-order valence-electron chi connectivity index (χ0n) is 19.2. The van der Waals surface area contributed by atoms with Gasteiger partial charge in [-0.05, 0) is 24.5 Å². The number of unbranched alkanes of at least 4 members (excludes halogenated alkanes) is 2. The van der Waals surface area contributed by atoms with Crippen LogP contribution in [0.4, 0.5) is 5.95 Å². The zero-order chi connectivity index (χ0) is 23.5. The van der Waals surface area contributed by atoms with Gasteiger partial charge in [-0.2, -0.15) is 0 Å². The van der Waals surface area contributed by atoms with Crippen LogP contribution in [-0.4, -0.2) is 65.3 Å². The van der Waals surface area contributed by atoms with E-state index in [1.54, 1.807) is 23.4 Å². The van der Waals surface area contributed by atoms with Crippen molar-refractivity contribution in [2.75, 3.05) is 37.7 Å². The molecule has 2 aromatic rings. The maximum Gasteiger partial charge on any atom is 0.306 e. The molecule has 0 aliphatic carbocycles. The average molecular weight is 453 g/mol. The first-order valence-electron chi connectivity index (χ1n) is 11.6. The number of ether oxygens (including phenoxy) is 1. The monoisotopic (exact) mass is 452 g/mol. The second-order valence-electron chi connectivity index (χ2n) is 8.15. The number of piperazine rings is 1. The van der Waals surface area contributed by atoms with Crippen molar-refractivity contribution in [2.24, 2.45) is 0 Å². The van der Waals surface area contributed by atoms with Crippen molar-refractivity contribution in [1.29, 1.82) is 0 Å². The van der Waals surface area contributed by atoms with Gasteiger partial charge in [-0.25, -0.2) is 9.97 Å². The Hall–Kier alpha value is -3.29. The average Bonchev–Trinajstić information content (AvgIpc) is 2.87. The van der Waals surface area contributed by atoms with Crippen molar-refractivity contribution in [3.05, 3.63) is 53.9 Å². The summed E-state index contributed by atoms with van der Waals surface area (Å²) in [5, 5.41) is 0. The number of Topliss-reactive ketones (excluding diaryl/α,β-unsaturated/α-hetero) is 1. The second kappa shape index (κ2) is 12.7. The van der Waals surface area contributed by atoms with E-state index >= 15 is 0 Å². The number of aromatic nitrogens is 2. The first-order valence-corrected chi connectivity index (χ1v) is 11.6. The number of ketones is 1. The molecule has 2 heterocycles. The van der Waals surface area contributed by atoms with Crippen LogP contribution in [0.3, 0.4) is 0 Å². The molecule has 1 fully saturated rings. The summed E-state index contributed by atoms with van der Waals surface area (Å²) >= 11 is 0. The van der Waals surface area contributed by atoms with Gasteiger partial charge in [-0.3, -0.25) is 14.4 Å². The SMILES string of the molecule is CCCCCc1ccc(C(=O)CCC(=O)OCC(=O)N2CCN(c3ncccn3)CC2)cc1. The van der Waals surface area contributed by atoms with E-state index < -0.39 is 5.97 Å². The number of esters is 1. The molecule has 0 radical (unpaired) electrons. The highest BCUT2D eigenvalue weighted by Gasteiger charge is 2.23. The van der Waals surface area contributed by atoms with Crippen molar-refractivity contribution in [2.45, 2.75) is 45.4 Å². The fourth-order valence-electron chi connectivity index (χ4n) is 3.71. The van der Waals surface area contributed by atoms with Gasteiger partial charge >= 0.3 is 5.97 Å².